The van der Waals surface area contributed by atoms with E-state index in [-0.39, 0.29) is 12.4 Å². The maximum absolute atomic E-state index is 11.1. The van der Waals surface area contributed by atoms with Crippen LogP contribution in [0.5, 0.6) is 0 Å². The lowest BCUT2D eigenvalue weighted by atomic mass is 9.74. The van der Waals surface area contributed by atoms with Gasteiger partial charge < -0.3 is 14.6 Å². The Morgan fingerprint density at radius 1 is 1.41 bits per heavy atom. The number of methoxy groups -OCH3 is 1. The van der Waals surface area contributed by atoms with Crippen LogP contribution >= 0.6 is 0 Å². The normalized spacial score (nSPS) is 27.1. The summed E-state index contributed by atoms with van der Waals surface area (Å²) >= 11 is 0. The van der Waals surface area contributed by atoms with E-state index in [1.54, 1.807) is 14.0 Å². The molecule has 0 aliphatic heterocycles. The summed E-state index contributed by atoms with van der Waals surface area (Å²) in [6.07, 6.45) is 7.69. The van der Waals surface area contributed by atoms with Crippen molar-refractivity contribution >= 4 is 5.78 Å². The predicted molar refractivity (Wildman–Crippen MR) is 67.5 cm³/mol. The molecule has 3 heteroatoms. The summed E-state index contributed by atoms with van der Waals surface area (Å²) in [6, 6.07) is 0. The van der Waals surface area contributed by atoms with E-state index in [1.165, 1.54) is 12.0 Å². The molecule has 1 aliphatic carbocycles. The highest BCUT2D eigenvalue weighted by Crippen LogP contribution is 2.38. The highest BCUT2D eigenvalue weighted by molar-refractivity contribution is 5.75. The molecule has 0 radical (unpaired) electrons. The van der Waals surface area contributed by atoms with Crippen LogP contribution < -0.4 is 0 Å². The molecule has 98 valence electrons. The molecule has 1 N–H and O–H groups in total. The van der Waals surface area contributed by atoms with Gasteiger partial charge in [-0.15, -0.1) is 0 Å². The third-order valence-corrected chi connectivity index (χ3v) is 3.62. The van der Waals surface area contributed by atoms with Gasteiger partial charge in [-0.25, -0.2) is 0 Å². The molecule has 0 aromatic rings. The van der Waals surface area contributed by atoms with Crippen LogP contribution in [-0.4, -0.2) is 24.6 Å². The average Bonchev–Trinajstić information content (AvgIpc) is 2.30. The Bertz CT molecular complexity index is 269. The molecule has 1 fully saturated rings. The van der Waals surface area contributed by atoms with Gasteiger partial charge in [0.15, 0.2) is 0 Å². The van der Waals surface area contributed by atoms with Crippen molar-refractivity contribution in [3.8, 4) is 0 Å². The van der Waals surface area contributed by atoms with Gasteiger partial charge in [0, 0.05) is 13.0 Å². The van der Waals surface area contributed by atoms with Gasteiger partial charge in [0.2, 0.25) is 0 Å². The van der Waals surface area contributed by atoms with Crippen molar-refractivity contribution in [2.75, 3.05) is 13.7 Å². The first kappa shape index (κ1) is 14.2. The van der Waals surface area contributed by atoms with Crippen molar-refractivity contribution in [3.05, 3.63) is 11.8 Å². The fourth-order valence-electron chi connectivity index (χ4n) is 2.76. The van der Waals surface area contributed by atoms with E-state index in [9.17, 15) is 4.79 Å². The molecule has 0 spiro atoms. The third kappa shape index (κ3) is 4.50. The lowest BCUT2D eigenvalue weighted by Gasteiger charge is -2.32. The Morgan fingerprint density at radius 3 is 2.59 bits per heavy atom. The number of carbonyl (C=O) groups is 1. The molecule has 1 saturated carbocycles. The number of carbonyl (C=O) groups excluding carboxylic acids is 1. The minimum atomic E-state index is 0.227. The van der Waals surface area contributed by atoms with E-state index >= 15 is 0 Å². The summed E-state index contributed by atoms with van der Waals surface area (Å²) in [6.45, 7) is 1.87. The number of Topliss-reactive ketones (excluding diaryl/α,β-unsaturated/α-hetero) is 1. The number of ether oxygens (including phenoxy) is 1. The first-order valence-corrected chi connectivity index (χ1v) is 6.52. The third-order valence-electron chi connectivity index (χ3n) is 3.62. The number of allylic oxidation sites excluding steroid dienone is 1. The van der Waals surface area contributed by atoms with E-state index in [0.717, 1.165) is 25.7 Å². The summed E-state index contributed by atoms with van der Waals surface area (Å²) in [7, 11) is 1.67. The zero-order valence-corrected chi connectivity index (χ0v) is 10.9. The van der Waals surface area contributed by atoms with Crippen molar-refractivity contribution in [2.24, 2.45) is 11.8 Å². The van der Waals surface area contributed by atoms with E-state index < -0.39 is 0 Å². The van der Waals surface area contributed by atoms with Gasteiger partial charge in [-0.2, -0.15) is 0 Å². The molecular weight excluding hydrogens is 216 g/mol. The summed E-state index contributed by atoms with van der Waals surface area (Å²) in [4.78, 5) is 11.1. The Hall–Kier alpha value is -0.830. The SMILES string of the molecule is CO/C=C1\C(CCO)CCC[C@H]1CCC(C)=O. The number of aliphatic hydroxyl groups is 1. The molecule has 0 heterocycles. The molecule has 0 bridgehead atoms. The molecule has 1 unspecified atom stereocenters. The van der Waals surface area contributed by atoms with Gasteiger partial charge in [-0.3, -0.25) is 0 Å². The van der Waals surface area contributed by atoms with Crippen LogP contribution in [0.2, 0.25) is 0 Å². The molecule has 1 aliphatic rings. The Morgan fingerprint density at radius 2 is 2.06 bits per heavy atom. The highest BCUT2D eigenvalue weighted by atomic mass is 16.5. The molecule has 3 nitrogen and oxygen atoms in total. The van der Waals surface area contributed by atoms with Crippen LogP contribution in [0.3, 0.4) is 0 Å². The van der Waals surface area contributed by atoms with Crippen LogP contribution in [-0.2, 0) is 9.53 Å². The summed E-state index contributed by atoms with van der Waals surface area (Å²) in [5, 5.41) is 9.09. The molecule has 0 aromatic heterocycles. The highest BCUT2D eigenvalue weighted by Gasteiger charge is 2.27. The van der Waals surface area contributed by atoms with Crippen molar-refractivity contribution in [3.63, 3.8) is 0 Å². The molecule has 0 amide bonds. The van der Waals surface area contributed by atoms with Crippen LogP contribution in [0, 0.1) is 11.8 Å². The Labute approximate surface area is 104 Å². The smallest absolute Gasteiger partial charge is 0.129 e. The lowest BCUT2D eigenvalue weighted by molar-refractivity contribution is -0.117. The van der Waals surface area contributed by atoms with E-state index in [0.29, 0.717) is 18.3 Å². The molecule has 1 rings (SSSR count). The summed E-state index contributed by atoms with van der Waals surface area (Å²) in [5.41, 5.74) is 1.30. The van der Waals surface area contributed by atoms with Crippen LogP contribution in [0.1, 0.15) is 45.4 Å². The van der Waals surface area contributed by atoms with Gasteiger partial charge >= 0.3 is 0 Å². The van der Waals surface area contributed by atoms with Crippen molar-refractivity contribution in [2.45, 2.75) is 45.4 Å². The number of rotatable bonds is 6. The number of hydrogen-bond donors (Lipinski definition) is 1. The molecular formula is C14H24O3. The van der Waals surface area contributed by atoms with Crippen LogP contribution in [0.25, 0.3) is 0 Å². The molecule has 0 aromatic carbocycles. The molecule has 17 heavy (non-hydrogen) atoms. The number of hydrogen-bond acceptors (Lipinski definition) is 3. The van der Waals surface area contributed by atoms with Gasteiger partial charge in [0.1, 0.15) is 5.78 Å². The van der Waals surface area contributed by atoms with Gasteiger partial charge in [-0.05, 0) is 50.0 Å². The fraction of sp³-hybridized carbons (Fsp3) is 0.786. The molecule has 2 atom stereocenters. The summed E-state index contributed by atoms with van der Waals surface area (Å²) < 4.78 is 5.17. The van der Waals surface area contributed by atoms with E-state index in [1.807, 2.05) is 6.26 Å². The number of aliphatic hydroxyl groups excluding tert-OH is 1. The quantitative estimate of drug-likeness (QED) is 0.726. The predicted octanol–water partition coefficient (Wildman–Crippen LogP) is 2.68. The van der Waals surface area contributed by atoms with E-state index in [2.05, 4.69) is 0 Å². The van der Waals surface area contributed by atoms with Crippen LogP contribution in [0.15, 0.2) is 11.8 Å². The lowest BCUT2D eigenvalue weighted by Crippen LogP contribution is -2.21. The zero-order chi connectivity index (χ0) is 12.7. The summed E-state index contributed by atoms with van der Waals surface area (Å²) in [5.74, 6) is 1.15. The number of ketones is 1. The Kier molecular flexibility index (Phi) is 6.27. The van der Waals surface area contributed by atoms with Crippen molar-refractivity contribution in [1.82, 2.24) is 0 Å². The molecule has 0 saturated heterocycles. The average molecular weight is 240 g/mol. The first-order chi connectivity index (χ1) is 8.19. The second-order valence-electron chi connectivity index (χ2n) is 4.93. The Balaban J connectivity index is 2.65. The minimum absolute atomic E-state index is 0.227. The first-order valence-electron chi connectivity index (χ1n) is 6.52. The van der Waals surface area contributed by atoms with E-state index in [4.69, 9.17) is 9.84 Å². The standard InChI is InChI=1S/C14H24O3/c1-11(16)6-7-12-4-3-5-13(8-9-15)14(12)10-17-2/h10,12-13,15H,3-9H2,1-2H3/b14-10-/t12-,13?/m0/s1. The zero-order valence-electron chi connectivity index (χ0n) is 10.9. The van der Waals surface area contributed by atoms with Gasteiger partial charge in [0.05, 0.1) is 13.4 Å². The van der Waals surface area contributed by atoms with Gasteiger partial charge in [-0.1, -0.05) is 6.42 Å². The second kappa shape index (κ2) is 7.49. The monoisotopic (exact) mass is 240 g/mol. The van der Waals surface area contributed by atoms with Gasteiger partial charge in [0.25, 0.3) is 0 Å². The van der Waals surface area contributed by atoms with Crippen LogP contribution in [0.4, 0.5) is 0 Å². The van der Waals surface area contributed by atoms with Crippen molar-refractivity contribution in [1.29, 1.82) is 0 Å². The maximum Gasteiger partial charge on any atom is 0.129 e. The van der Waals surface area contributed by atoms with Crippen molar-refractivity contribution < 1.29 is 14.6 Å². The second-order valence-corrected chi connectivity index (χ2v) is 4.93. The fourth-order valence-corrected chi connectivity index (χ4v) is 2.76. The topological polar surface area (TPSA) is 46.5 Å². The minimum Gasteiger partial charge on any atom is -0.504 e. The maximum atomic E-state index is 11.1. The largest absolute Gasteiger partial charge is 0.504 e.